The van der Waals surface area contributed by atoms with Gasteiger partial charge in [0.1, 0.15) is 5.82 Å². The summed E-state index contributed by atoms with van der Waals surface area (Å²) >= 11 is 0. The number of rotatable bonds is 6. The van der Waals surface area contributed by atoms with Crippen molar-refractivity contribution >= 4 is 5.65 Å². The molecule has 1 aliphatic rings. The van der Waals surface area contributed by atoms with Crippen LogP contribution < -0.4 is 5.32 Å². The fourth-order valence-electron chi connectivity index (χ4n) is 2.80. The van der Waals surface area contributed by atoms with Gasteiger partial charge in [-0.2, -0.15) is 0 Å². The number of hydrogen-bond acceptors (Lipinski definition) is 3. The van der Waals surface area contributed by atoms with Crippen LogP contribution in [0.5, 0.6) is 0 Å². The van der Waals surface area contributed by atoms with Gasteiger partial charge in [0.05, 0.1) is 0 Å². The molecule has 0 aliphatic heterocycles. The molecule has 4 nitrogen and oxygen atoms in total. The van der Waals surface area contributed by atoms with Gasteiger partial charge in [0.25, 0.3) is 0 Å². The van der Waals surface area contributed by atoms with Crippen LogP contribution >= 0.6 is 0 Å². The van der Waals surface area contributed by atoms with E-state index in [9.17, 15) is 0 Å². The summed E-state index contributed by atoms with van der Waals surface area (Å²) in [6.07, 6.45) is 8.58. The van der Waals surface area contributed by atoms with Crippen molar-refractivity contribution in [2.75, 3.05) is 6.54 Å². The third-order valence-corrected chi connectivity index (χ3v) is 4.14. The number of aromatic nitrogens is 3. The molecule has 1 atom stereocenters. The van der Waals surface area contributed by atoms with Gasteiger partial charge in [-0.1, -0.05) is 25.3 Å². The maximum atomic E-state index is 4.25. The smallest absolute Gasteiger partial charge is 0.160 e. The second kappa shape index (κ2) is 5.70. The summed E-state index contributed by atoms with van der Waals surface area (Å²) in [6, 6.07) is 6.62. The van der Waals surface area contributed by atoms with Crippen LogP contribution in [0.25, 0.3) is 5.65 Å². The first kappa shape index (κ1) is 12.6. The molecule has 0 saturated heterocycles. The Morgan fingerprint density at radius 1 is 1.37 bits per heavy atom. The van der Waals surface area contributed by atoms with Gasteiger partial charge in [-0.25, -0.2) is 0 Å². The van der Waals surface area contributed by atoms with E-state index in [1.54, 1.807) is 0 Å². The lowest BCUT2D eigenvalue weighted by molar-refractivity contribution is 0.266. The van der Waals surface area contributed by atoms with E-state index in [-0.39, 0.29) is 0 Å². The molecule has 19 heavy (non-hydrogen) atoms. The second-order valence-electron chi connectivity index (χ2n) is 5.68. The van der Waals surface area contributed by atoms with Gasteiger partial charge in [-0.3, -0.25) is 4.40 Å². The van der Waals surface area contributed by atoms with Crippen molar-refractivity contribution in [2.45, 2.75) is 45.1 Å². The van der Waals surface area contributed by atoms with Crippen molar-refractivity contribution in [3.63, 3.8) is 0 Å². The zero-order valence-corrected chi connectivity index (χ0v) is 11.5. The lowest BCUT2D eigenvalue weighted by Gasteiger charge is -2.28. The predicted octanol–water partition coefficient (Wildman–Crippen LogP) is 2.44. The first-order valence-electron chi connectivity index (χ1n) is 7.35. The number of nitrogens with one attached hydrogen (secondary N) is 1. The molecule has 1 aliphatic carbocycles. The standard InChI is InChI=1S/C15H22N4/c1-12(11-13-5-4-6-13)16-9-8-15-18-17-14-7-2-3-10-19(14)15/h2-3,7,10,12-13,16H,4-6,8-9,11H2,1H3. The van der Waals surface area contributed by atoms with Crippen LogP contribution in [0.2, 0.25) is 0 Å². The molecule has 0 radical (unpaired) electrons. The summed E-state index contributed by atoms with van der Waals surface area (Å²) in [5.74, 6) is 2.01. The van der Waals surface area contributed by atoms with E-state index >= 15 is 0 Å². The molecule has 2 heterocycles. The van der Waals surface area contributed by atoms with E-state index in [1.165, 1.54) is 25.7 Å². The maximum Gasteiger partial charge on any atom is 0.160 e. The molecule has 0 spiro atoms. The molecular weight excluding hydrogens is 236 g/mol. The number of hydrogen-bond donors (Lipinski definition) is 1. The highest BCUT2D eigenvalue weighted by Gasteiger charge is 2.19. The van der Waals surface area contributed by atoms with Crippen molar-refractivity contribution in [2.24, 2.45) is 5.92 Å². The molecular formula is C15H22N4. The minimum Gasteiger partial charge on any atom is -0.314 e. The van der Waals surface area contributed by atoms with Crippen LogP contribution in [0.15, 0.2) is 24.4 Å². The van der Waals surface area contributed by atoms with Gasteiger partial charge < -0.3 is 5.32 Å². The van der Waals surface area contributed by atoms with E-state index < -0.39 is 0 Å². The summed E-state index contributed by atoms with van der Waals surface area (Å²) in [6.45, 7) is 3.27. The molecule has 1 unspecified atom stereocenters. The van der Waals surface area contributed by atoms with Gasteiger partial charge in [0.15, 0.2) is 5.65 Å². The quantitative estimate of drug-likeness (QED) is 0.865. The molecule has 1 saturated carbocycles. The van der Waals surface area contributed by atoms with Gasteiger partial charge in [0, 0.05) is 25.2 Å². The molecule has 0 bridgehead atoms. The van der Waals surface area contributed by atoms with E-state index in [0.717, 1.165) is 30.4 Å². The zero-order chi connectivity index (χ0) is 13.1. The summed E-state index contributed by atoms with van der Waals surface area (Å²) in [4.78, 5) is 0. The summed E-state index contributed by atoms with van der Waals surface area (Å²) in [5.41, 5.74) is 0.931. The van der Waals surface area contributed by atoms with Crippen LogP contribution in [0.3, 0.4) is 0 Å². The first-order valence-corrected chi connectivity index (χ1v) is 7.35. The van der Waals surface area contributed by atoms with Crippen LogP contribution in [-0.2, 0) is 6.42 Å². The molecule has 102 valence electrons. The maximum absolute atomic E-state index is 4.25. The Kier molecular flexibility index (Phi) is 3.78. The van der Waals surface area contributed by atoms with Crippen LogP contribution in [-0.4, -0.2) is 27.2 Å². The van der Waals surface area contributed by atoms with Gasteiger partial charge in [-0.05, 0) is 31.4 Å². The molecule has 2 aromatic rings. The third kappa shape index (κ3) is 2.95. The first-order chi connectivity index (χ1) is 9.33. The van der Waals surface area contributed by atoms with Gasteiger partial charge >= 0.3 is 0 Å². The summed E-state index contributed by atoms with van der Waals surface area (Å²) < 4.78 is 2.07. The highest BCUT2D eigenvalue weighted by molar-refractivity contribution is 5.36. The van der Waals surface area contributed by atoms with Crippen molar-refractivity contribution in [3.8, 4) is 0 Å². The fraction of sp³-hybridized carbons (Fsp3) is 0.600. The van der Waals surface area contributed by atoms with Gasteiger partial charge in [-0.15, -0.1) is 10.2 Å². The number of fused-ring (bicyclic) bond motifs is 1. The molecule has 2 aromatic heterocycles. The van der Waals surface area contributed by atoms with Crippen LogP contribution in [0.4, 0.5) is 0 Å². The minimum absolute atomic E-state index is 0.615. The molecule has 3 rings (SSSR count). The monoisotopic (exact) mass is 258 g/mol. The third-order valence-electron chi connectivity index (χ3n) is 4.14. The van der Waals surface area contributed by atoms with Crippen LogP contribution in [0.1, 0.15) is 38.4 Å². The topological polar surface area (TPSA) is 42.2 Å². The average molecular weight is 258 g/mol. The van der Waals surface area contributed by atoms with E-state index in [2.05, 4.69) is 26.8 Å². The summed E-state index contributed by atoms with van der Waals surface area (Å²) in [7, 11) is 0. The van der Waals surface area contributed by atoms with Crippen molar-refractivity contribution in [1.29, 1.82) is 0 Å². The van der Waals surface area contributed by atoms with Crippen LogP contribution in [0, 0.1) is 5.92 Å². The normalized spacial score (nSPS) is 17.5. The fourth-order valence-corrected chi connectivity index (χ4v) is 2.80. The predicted molar refractivity (Wildman–Crippen MR) is 76.1 cm³/mol. The van der Waals surface area contributed by atoms with E-state index in [0.29, 0.717) is 6.04 Å². The average Bonchev–Trinajstić information content (AvgIpc) is 2.78. The Morgan fingerprint density at radius 2 is 2.26 bits per heavy atom. The van der Waals surface area contributed by atoms with Crippen molar-refractivity contribution < 1.29 is 0 Å². The van der Waals surface area contributed by atoms with E-state index in [4.69, 9.17) is 0 Å². The number of nitrogens with zero attached hydrogens (tertiary/aromatic N) is 3. The minimum atomic E-state index is 0.615. The Hall–Kier alpha value is -1.42. The zero-order valence-electron chi connectivity index (χ0n) is 11.5. The molecule has 0 amide bonds. The Labute approximate surface area is 114 Å². The SMILES string of the molecule is CC(CC1CCC1)NCCc1nnc2ccccn12. The second-order valence-corrected chi connectivity index (χ2v) is 5.68. The highest BCUT2D eigenvalue weighted by Crippen LogP contribution is 2.30. The highest BCUT2D eigenvalue weighted by atomic mass is 15.2. The Bertz CT molecular complexity index is 530. The Balaban J connectivity index is 1.49. The lowest BCUT2D eigenvalue weighted by atomic mass is 9.81. The van der Waals surface area contributed by atoms with Crippen molar-refractivity contribution in [1.82, 2.24) is 19.9 Å². The largest absolute Gasteiger partial charge is 0.314 e. The molecule has 4 heteroatoms. The molecule has 0 aromatic carbocycles. The lowest BCUT2D eigenvalue weighted by Crippen LogP contribution is -2.32. The molecule has 1 fully saturated rings. The Morgan fingerprint density at radius 3 is 3.05 bits per heavy atom. The summed E-state index contributed by atoms with van der Waals surface area (Å²) in [5, 5.41) is 12.0. The van der Waals surface area contributed by atoms with Gasteiger partial charge in [0.2, 0.25) is 0 Å². The van der Waals surface area contributed by atoms with E-state index in [1.807, 2.05) is 24.4 Å². The molecule has 1 N–H and O–H groups in total. The number of pyridine rings is 1. The van der Waals surface area contributed by atoms with Crippen molar-refractivity contribution in [3.05, 3.63) is 30.2 Å².